The molecule has 15 heavy (non-hydrogen) atoms. The van der Waals surface area contributed by atoms with Gasteiger partial charge in [0.05, 0.1) is 5.88 Å². The van der Waals surface area contributed by atoms with E-state index >= 15 is 0 Å². The van der Waals surface area contributed by atoms with Gasteiger partial charge < -0.3 is 14.7 Å². The second kappa shape index (κ2) is 5.97. The van der Waals surface area contributed by atoms with Crippen molar-refractivity contribution >= 4 is 23.6 Å². The summed E-state index contributed by atoms with van der Waals surface area (Å²) in [6.07, 6.45) is 0.852. The molecule has 0 bridgehead atoms. The van der Waals surface area contributed by atoms with E-state index < -0.39 is 12.0 Å². The Morgan fingerprint density at radius 2 is 2.33 bits per heavy atom. The number of nitrogens with zero attached hydrogens (tertiary/aromatic N) is 1. The molecule has 6 heteroatoms. The molecule has 5 nitrogen and oxygen atoms in total. The van der Waals surface area contributed by atoms with Gasteiger partial charge in [-0.25, -0.2) is 4.79 Å². The predicted molar refractivity (Wildman–Crippen MR) is 56.7 cm³/mol. The SMILES string of the molecule is CCCOCC(=O)N1CSCC1C(=O)O. The number of hydrogen-bond acceptors (Lipinski definition) is 4. The van der Waals surface area contributed by atoms with Crippen molar-refractivity contribution in [3.8, 4) is 0 Å². The van der Waals surface area contributed by atoms with Crippen LogP contribution in [0.2, 0.25) is 0 Å². The highest BCUT2D eigenvalue weighted by Gasteiger charge is 2.34. The predicted octanol–water partition coefficient (Wildman–Crippen LogP) is 0.399. The van der Waals surface area contributed by atoms with Crippen LogP contribution >= 0.6 is 11.8 Å². The first-order chi connectivity index (χ1) is 7.16. The number of hydrogen-bond donors (Lipinski definition) is 1. The summed E-state index contributed by atoms with van der Waals surface area (Å²) in [5.41, 5.74) is 0. The average molecular weight is 233 g/mol. The summed E-state index contributed by atoms with van der Waals surface area (Å²) < 4.78 is 5.09. The summed E-state index contributed by atoms with van der Waals surface area (Å²) >= 11 is 1.45. The molecule has 1 rings (SSSR count). The summed E-state index contributed by atoms with van der Waals surface area (Å²) in [7, 11) is 0. The van der Waals surface area contributed by atoms with Gasteiger partial charge in [0.15, 0.2) is 0 Å². The molecule has 0 aliphatic carbocycles. The average Bonchev–Trinajstić information content (AvgIpc) is 2.66. The number of amides is 1. The third-order valence-corrected chi connectivity index (χ3v) is 3.07. The Kier molecular flexibility index (Phi) is 4.90. The minimum atomic E-state index is -0.941. The van der Waals surface area contributed by atoms with Crippen molar-refractivity contribution in [1.29, 1.82) is 0 Å². The van der Waals surface area contributed by atoms with Crippen molar-refractivity contribution in [3.63, 3.8) is 0 Å². The minimum Gasteiger partial charge on any atom is -0.480 e. The molecule has 0 spiro atoms. The van der Waals surface area contributed by atoms with Gasteiger partial charge in [-0.1, -0.05) is 6.92 Å². The Bertz CT molecular complexity index is 246. The van der Waals surface area contributed by atoms with Crippen molar-refractivity contribution in [2.24, 2.45) is 0 Å². The molecule has 1 N–H and O–H groups in total. The first-order valence-corrected chi connectivity index (χ1v) is 6.00. The number of aliphatic carboxylic acids is 1. The number of rotatable bonds is 5. The molecule has 1 unspecified atom stereocenters. The van der Waals surface area contributed by atoms with Gasteiger partial charge in [-0.05, 0) is 6.42 Å². The summed E-state index contributed by atoms with van der Waals surface area (Å²) in [5.74, 6) is -0.259. The molecule has 86 valence electrons. The van der Waals surface area contributed by atoms with E-state index in [4.69, 9.17) is 9.84 Å². The van der Waals surface area contributed by atoms with Crippen LogP contribution in [0.3, 0.4) is 0 Å². The van der Waals surface area contributed by atoms with Crippen LogP contribution in [-0.2, 0) is 14.3 Å². The lowest BCUT2D eigenvalue weighted by Crippen LogP contribution is -2.43. The summed E-state index contributed by atoms with van der Waals surface area (Å²) in [4.78, 5) is 23.7. The van der Waals surface area contributed by atoms with E-state index in [9.17, 15) is 9.59 Å². The molecule has 1 atom stereocenters. The molecular weight excluding hydrogens is 218 g/mol. The first-order valence-electron chi connectivity index (χ1n) is 4.84. The molecular formula is C9H15NO4S. The summed E-state index contributed by atoms with van der Waals surface area (Å²) in [5, 5.41) is 8.86. The molecule has 0 aromatic carbocycles. The van der Waals surface area contributed by atoms with Crippen LogP contribution in [0.4, 0.5) is 0 Å². The van der Waals surface area contributed by atoms with Crippen LogP contribution in [0, 0.1) is 0 Å². The minimum absolute atomic E-state index is 0.0157. The van der Waals surface area contributed by atoms with E-state index in [0.717, 1.165) is 6.42 Å². The van der Waals surface area contributed by atoms with Crippen LogP contribution in [0.1, 0.15) is 13.3 Å². The summed E-state index contributed by atoms with van der Waals surface area (Å²) in [6.45, 7) is 2.47. The number of carbonyl (C=O) groups excluding carboxylic acids is 1. The Balaban J connectivity index is 2.40. The van der Waals surface area contributed by atoms with Gasteiger partial charge in [0.1, 0.15) is 12.6 Å². The number of carboxylic acids is 1. The fraction of sp³-hybridized carbons (Fsp3) is 0.778. The van der Waals surface area contributed by atoms with E-state index in [0.29, 0.717) is 18.2 Å². The lowest BCUT2D eigenvalue weighted by Gasteiger charge is -2.20. The van der Waals surface area contributed by atoms with Gasteiger partial charge in [0, 0.05) is 12.4 Å². The lowest BCUT2D eigenvalue weighted by atomic mass is 10.3. The molecule has 1 amide bonds. The monoisotopic (exact) mass is 233 g/mol. The van der Waals surface area contributed by atoms with Gasteiger partial charge in [-0.15, -0.1) is 11.8 Å². The second-order valence-electron chi connectivity index (χ2n) is 3.27. The summed E-state index contributed by atoms with van der Waals surface area (Å²) in [6, 6.07) is -0.687. The number of carboxylic acid groups (broad SMARTS) is 1. The maximum Gasteiger partial charge on any atom is 0.327 e. The van der Waals surface area contributed by atoms with Crippen LogP contribution in [-0.4, -0.2) is 52.8 Å². The van der Waals surface area contributed by atoms with Crippen LogP contribution < -0.4 is 0 Å². The Labute approximate surface area is 92.8 Å². The van der Waals surface area contributed by atoms with Crippen molar-refractivity contribution in [2.75, 3.05) is 24.8 Å². The third-order valence-electron chi connectivity index (χ3n) is 2.06. The van der Waals surface area contributed by atoms with E-state index in [1.54, 1.807) is 0 Å². The van der Waals surface area contributed by atoms with Gasteiger partial charge in [-0.2, -0.15) is 0 Å². The smallest absolute Gasteiger partial charge is 0.327 e. The quantitative estimate of drug-likeness (QED) is 0.696. The zero-order valence-electron chi connectivity index (χ0n) is 8.64. The highest BCUT2D eigenvalue weighted by molar-refractivity contribution is 7.99. The topological polar surface area (TPSA) is 66.8 Å². The van der Waals surface area contributed by atoms with Gasteiger partial charge in [-0.3, -0.25) is 4.79 Å². The van der Waals surface area contributed by atoms with Gasteiger partial charge in [0.25, 0.3) is 0 Å². The third kappa shape index (κ3) is 3.39. The Morgan fingerprint density at radius 3 is 2.93 bits per heavy atom. The number of thioether (sulfide) groups is 1. The highest BCUT2D eigenvalue weighted by Crippen LogP contribution is 2.20. The molecule has 0 radical (unpaired) electrons. The number of ether oxygens (including phenoxy) is 1. The molecule has 0 aromatic rings. The highest BCUT2D eigenvalue weighted by atomic mass is 32.2. The second-order valence-corrected chi connectivity index (χ2v) is 4.27. The first kappa shape index (κ1) is 12.3. The van der Waals surface area contributed by atoms with Crippen molar-refractivity contribution < 1.29 is 19.4 Å². The largest absolute Gasteiger partial charge is 0.480 e. The zero-order valence-corrected chi connectivity index (χ0v) is 9.46. The molecule has 1 saturated heterocycles. The van der Waals surface area contributed by atoms with E-state index in [2.05, 4.69) is 0 Å². The maximum absolute atomic E-state index is 11.6. The molecule has 1 aliphatic heterocycles. The van der Waals surface area contributed by atoms with Crippen molar-refractivity contribution in [2.45, 2.75) is 19.4 Å². The maximum atomic E-state index is 11.6. The van der Waals surface area contributed by atoms with Gasteiger partial charge >= 0.3 is 5.97 Å². The fourth-order valence-corrected chi connectivity index (χ4v) is 2.45. The Hall–Kier alpha value is -0.750. The van der Waals surface area contributed by atoms with Crippen LogP contribution in [0.25, 0.3) is 0 Å². The zero-order chi connectivity index (χ0) is 11.3. The van der Waals surface area contributed by atoms with E-state index in [-0.39, 0.29) is 12.5 Å². The van der Waals surface area contributed by atoms with Crippen LogP contribution in [0.15, 0.2) is 0 Å². The molecule has 1 aliphatic rings. The van der Waals surface area contributed by atoms with Crippen molar-refractivity contribution in [1.82, 2.24) is 4.90 Å². The number of carbonyl (C=O) groups is 2. The normalized spacial score (nSPS) is 20.6. The Morgan fingerprint density at radius 1 is 1.60 bits per heavy atom. The fourth-order valence-electron chi connectivity index (χ4n) is 1.28. The van der Waals surface area contributed by atoms with Crippen LogP contribution in [0.5, 0.6) is 0 Å². The molecule has 1 fully saturated rings. The standard InChI is InChI=1S/C9H15NO4S/c1-2-3-14-4-8(11)10-6-15-5-7(10)9(12)13/h7H,2-6H2,1H3,(H,12,13). The van der Waals surface area contributed by atoms with E-state index in [1.807, 2.05) is 6.92 Å². The molecule has 1 heterocycles. The molecule has 0 saturated carbocycles. The van der Waals surface area contributed by atoms with Gasteiger partial charge in [0.2, 0.25) is 5.91 Å². The van der Waals surface area contributed by atoms with E-state index in [1.165, 1.54) is 16.7 Å². The lowest BCUT2D eigenvalue weighted by molar-refractivity contribution is -0.149. The van der Waals surface area contributed by atoms with Crippen molar-refractivity contribution in [3.05, 3.63) is 0 Å². The molecule has 0 aromatic heterocycles.